The number of piperidine rings is 1. The highest BCUT2D eigenvalue weighted by Crippen LogP contribution is 2.32. The van der Waals surface area contributed by atoms with Gasteiger partial charge in [0, 0.05) is 13.2 Å². The van der Waals surface area contributed by atoms with Crippen LogP contribution >= 0.6 is 0 Å². The summed E-state index contributed by atoms with van der Waals surface area (Å²) in [5, 5.41) is 3.40. The minimum Gasteiger partial charge on any atom is -0.381 e. The van der Waals surface area contributed by atoms with Crippen LogP contribution in [-0.2, 0) is 4.74 Å². The summed E-state index contributed by atoms with van der Waals surface area (Å²) < 4.78 is 5.67. The van der Waals surface area contributed by atoms with E-state index in [4.69, 9.17) is 4.74 Å². The van der Waals surface area contributed by atoms with Crippen LogP contribution in [0.1, 0.15) is 38.5 Å². The van der Waals surface area contributed by atoms with Gasteiger partial charge < -0.3 is 10.1 Å². The third kappa shape index (κ3) is 3.97. The normalized spacial score (nSPS) is 24.0. The first-order valence-corrected chi connectivity index (χ1v) is 6.23. The molecule has 0 radical (unpaired) electrons. The van der Waals surface area contributed by atoms with E-state index in [1.807, 2.05) is 0 Å². The van der Waals surface area contributed by atoms with E-state index in [0.29, 0.717) is 0 Å². The SMILES string of the molecule is C1CC(CCOCCC2CC2)CCN1. The fourth-order valence-corrected chi connectivity index (χ4v) is 2.18. The number of hydrogen-bond donors (Lipinski definition) is 1. The van der Waals surface area contributed by atoms with Crippen LogP contribution in [0.3, 0.4) is 0 Å². The number of nitrogens with one attached hydrogen (secondary N) is 1. The van der Waals surface area contributed by atoms with Crippen molar-refractivity contribution in [1.29, 1.82) is 0 Å². The lowest BCUT2D eigenvalue weighted by Crippen LogP contribution is -2.28. The van der Waals surface area contributed by atoms with E-state index in [2.05, 4.69) is 5.32 Å². The van der Waals surface area contributed by atoms with Gasteiger partial charge in [0.2, 0.25) is 0 Å². The second-order valence-corrected chi connectivity index (χ2v) is 4.83. The molecule has 1 heterocycles. The van der Waals surface area contributed by atoms with Gasteiger partial charge in [0.1, 0.15) is 0 Å². The Morgan fingerprint density at radius 3 is 2.00 bits per heavy atom. The lowest BCUT2D eigenvalue weighted by molar-refractivity contribution is 0.110. The molecule has 2 fully saturated rings. The first-order valence-electron chi connectivity index (χ1n) is 6.23. The first kappa shape index (κ1) is 10.4. The van der Waals surface area contributed by atoms with Gasteiger partial charge in [-0.1, -0.05) is 12.8 Å². The highest BCUT2D eigenvalue weighted by atomic mass is 16.5. The van der Waals surface area contributed by atoms with Gasteiger partial charge in [0.25, 0.3) is 0 Å². The fraction of sp³-hybridized carbons (Fsp3) is 1.00. The molecule has 2 nitrogen and oxygen atoms in total. The van der Waals surface area contributed by atoms with Gasteiger partial charge in [-0.05, 0) is 50.6 Å². The zero-order valence-corrected chi connectivity index (χ0v) is 9.13. The Bertz CT molecular complexity index is 150. The Kier molecular flexibility index (Phi) is 4.26. The lowest BCUT2D eigenvalue weighted by atomic mass is 9.95. The number of ether oxygens (including phenoxy) is 1. The number of hydrogen-bond acceptors (Lipinski definition) is 2. The van der Waals surface area contributed by atoms with E-state index >= 15 is 0 Å². The quantitative estimate of drug-likeness (QED) is 0.659. The topological polar surface area (TPSA) is 21.3 Å². The highest BCUT2D eigenvalue weighted by Gasteiger charge is 2.20. The van der Waals surface area contributed by atoms with E-state index in [-0.39, 0.29) is 0 Å². The number of rotatable bonds is 6. The molecule has 1 N–H and O–H groups in total. The van der Waals surface area contributed by atoms with Gasteiger partial charge in [0.15, 0.2) is 0 Å². The van der Waals surface area contributed by atoms with Gasteiger partial charge in [-0.2, -0.15) is 0 Å². The van der Waals surface area contributed by atoms with Crippen LogP contribution in [0.4, 0.5) is 0 Å². The largest absolute Gasteiger partial charge is 0.381 e. The molecule has 2 aliphatic rings. The van der Waals surface area contributed by atoms with Crippen LogP contribution in [0.15, 0.2) is 0 Å². The van der Waals surface area contributed by atoms with E-state index in [9.17, 15) is 0 Å². The summed E-state index contributed by atoms with van der Waals surface area (Å²) in [4.78, 5) is 0. The van der Waals surface area contributed by atoms with Gasteiger partial charge in [0.05, 0.1) is 0 Å². The van der Waals surface area contributed by atoms with E-state index in [1.165, 1.54) is 51.6 Å². The minimum absolute atomic E-state index is 0.928. The molecule has 2 rings (SSSR count). The Morgan fingerprint density at radius 2 is 1.43 bits per heavy atom. The van der Waals surface area contributed by atoms with Gasteiger partial charge in [-0.3, -0.25) is 0 Å². The van der Waals surface area contributed by atoms with Gasteiger partial charge in [-0.15, -0.1) is 0 Å². The van der Waals surface area contributed by atoms with Crippen molar-refractivity contribution in [2.24, 2.45) is 11.8 Å². The van der Waals surface area contributed by atoms with Crippen molar-refractivity contribution < 1.29 is 4.74 Å². The summed E-state index contributed by atoms with van der Waals surface area (Å²) in [6.45, 7) is 4.44. The van der Waals surface area contributed by atoms with Crippen molar-refractivity contribution >= 4 is 0 Å². The lowest BCUT2D eigenvalue weighted by Gasteiger charge is -2.22. The summed E-state index contributed by atoms with van der Waals surface area (Å²) in [7, 11) is 0. The molecule has 0 bridgehead atoms. The van der Waals surface area contributed by atoms with Crippen molar-refractivity contribution in [3.63, 3.8) is 0 Å². The van der Waals surface area contributed by atoms with Crippen LogP contribution in [0.5, 0.6) is 0 Å². The van der Waals surface area contributed by atoms with Crippen LogP contribution in [0.2, 0.25) is 0 Å². The molecular formula is C12H23NO. The molecule has 2 heteroatoms. The first-order chi connectivity index (χ1) is 6.95. The van der Waals surface area contributed by atoms with Crippen LogP contribution in [0.25, 0.3) is 0 Å². The molecule has 0 unspecified atom stereocenters. The van der Waals surface area contributed by atoms with Crippen molar-refractivity contribution in [2.75, 3.05) is 26.3 Å². The molecular weight excluding hydrogens is 174 g/mol. The molecule has 1 aliphatic heterocycles. The zero-order chi connectivity index (χ0) is 9.64. The maximum Gasteiger partial charge on any atom is 0.0468 e. The summed E-state index contributed by atoms with van der Waals surface area (Å²) >= 11 is 0. The van der Waals surface area contributed by atoms with Gasteiger partial charge >= 0.3 is 0 Å². The second-order valence-electron chi connectivity index (χ2n) is 4.83. The molecule has 1 saturated heterocycles. The average Bonchev–Trinajstić information content (AvgIpc) is 3.03. The Labute approximate surface area is 87.4 Å². The molecule has 1 aliphatic carbocycles. The maximum atomic E-state index is 5.67. The van der Waals surface area contributed by atoms with Gasteiger partial charge in [-0.25, -0.2) is 0 Å². The average molecular weight is 197 g/mol. The zero-order valence-electron chi connectivity index (χ0n) is 9.13. The Morgan fingerprint density at radius 1 is 0.857 bits per heavy atom. The molecule has 0 aromatic heterocycles. The second kappa shape index (κ2) is 5.72. The third-order valence-corrected chi connectivity index (χ3v) is 3.50. The molecule has 0 amide bonds. The van der Waals surface area contributed by atoms with Crippen molar-refractivity contribution in [3.8, 4) is 0 Å². The van der Waals surface area contributed by atoms with Crippen LogP contribution < -0.4 is 5.32 Å². The van der Waals surface area contributed by atoms with Crippen LogP contribution in [0, 0.1) is 11.8 Å². The summed E-state index contributed by atoms with van der Waals surface area (Å²) in [6, 6.07) is 0. The highest BCUT2D eigenvalue weighted by molar-refractivity contribution is 4.72. The molecule has 0 aromatic carbocycles. The standard InChI is InChI=1S/C12H23NO/c1-2-11(1)5-9-14-10-6-12-3-7-13-8-4-12/h11-13H,1-10H2. The maximum absolute atomic E-state index is 5.67. The van der Waals surface area contributed by atoms with Crippen molar-refractivity contribution in [2.45, 2.75) is 38.5 Å². The van der Waals surface area contributed by atoms with Crippen LogP contribution in [-0.4, -0.2) is 26.3 Å². The Hall–Kier alpha value is -0.0800. The molecule has 82 valence electrons. The third-order valence-electron chi connectivity index (χ3n) is 3.50. The Balaban J connectivity index is 1.41. The summed E-state index contributed by atoms with van der Waals surface area (Å²) in [6.07, 6.45) is 8.21. The van der Waals surface area contributed by atoms with Crippen molar-refractivity contribution in [3.05, 3.63) is 0 Å². The summed E-state index contributed by atoms with van der Waals surface area (Å²) in [5.41, 5.74) is 0. The van der Waals surface area contributed by atoms with E-state index in [1.54, 1.807) is 0 Å². The monoisotopic (exact) mass is 197 g/mol. The molecule has 1 saturated carbocycles. The molecule has 0 spiro atoms. The fourth-order valence-electron chi connectivity index (χ4n) is 2.18. The van der Waals surface area contributed by atoms with E-state index < -0.39 is 0 Å². The predicted octanol–water partition coefficient (Wildman–Crippen LogP) is 2.19. The minimum atomic E-state index is 0.928. The van der Waals surface area contributed by atoms with Crippen molar-refractivity contribution in [1.82, 2.24) is 5.32 Å². The predicted molar refractivity (Wildman–Crippen MR) is 58.4 cm³/mol. The smallest absolute Gasteiger partial charge is 0.0468 e. The molecule has 14 heavy (non-hydrogen) atoms. The summed E-state index contributed by atoms with van der Waals surface area (Å²) in [5.74, 6) is 1.95. The molecule has 0 atom stereocenters. The van der Waals surface area contributed by atoms with E-state index in [0.717, 1.165) is 25.0 Å². The molecule has 0 aromatic rings.